The topological polar surface area (TPSA) is 62.1 Å². The Morgan fingerprint density at radius 1 is 1.40 bits per heavy atom. The van der Waals surface area contributed by atoms with Crippen molar-refractivity contribution in [3.8, 4) is 11.8 Å². The van der Waals surface area contributed by atoms with Crippen LogP contribution >= 0.6 is 0 Å². The standard InChI is InChI=1S/C16H20N2O2/c1-20-15-8-7-12(11-17)9-13(15)10-16(19)18-14-5-3-2-4-6-14/h7-9,14H,2-6,10H2,1H3,(H,18,19). The van der Waals surface area contributed by atoms with Crippen molar-refractivity contribution in [2.24, 2.45) is 0 Å². The molecule has 1 aliphatic carbocycles. The molecule has 1 amide bonds. The van der Waals surface area contributed by atoms with Crippen molar-refractivity contribution >= 4 is 5.91 Å². The molecule has 1 fully saturated rings. The molecule has 0 aromatic heterocycles. The molecule has 0 bridgehead atoms. The number of nitrogens with one attached hydrogen (secondary N) is 1. The van der Waals surface area contributed by atoms with Gasteiger partial charge in [0.25, 0.3) is 0 Å². The average molecular weight is 272 g/mol. The fraction of sp³-hybridized carbons (Fsp3) is 0.500. The van der Waals surface area contributed by atoms with Crippen LogP contribution in [0.5, 0.6) is 5.75 Å². The van der Waals surface area contributed by atoms with E-state index in [2.05, 4.69) is 11.4 Å². The SMILES string of the molecule is COc1ccc(C#N)cc1CC(=O)NC1CCCCC1. The Morgan fingerprint density at radius 3 is 2.80 bits per heavy atom. The van der Waals surface area contributed by atoms with Crippen LogP contribution in [0.1, 0.15) is 43.2 Å². The summed E-state index contributed by atoms with van der Waals surface area (Å²) in [6.07, 6.45) is 6.05. The molecule has 4 heteroatoms. The van der Waals surface area contributed by atoms with Crippen LogP contribution in [0.2, 0.25) is 0 Å². The highest BCUT2D eigenvalue weighted by Gasteiger charge is 2.17. The van der Waals surface area contributed by atoms with Crippen LogP contribution in [0, 0.1) is 11.3 Å². The summed E-state index contributed by atoms with van der Waals surface area (Å²) in [4.78, 5) is 12.1. The summed E-state index contributed by atoms with van der Waals surface area (Å²) in [6, 6.07) is 7.55. The Morgan fingerprint density at radius 2 is 2.15 bits per heavy atom. The number of nitrogens with zero attached hydrogens (tertiary/aromatic N) is 1. The van der Waals surface area contributed by atoms with Gasteiger partial charge in [-0.05, 0) is 31.0 Å². The first-order valence-corrected chi connectivity index (χ1v) is 7.09. The Hall–Kier alpha value is -2.02. The van der Waals surface area contributed by atoms with E-state index in [1.54, 1.807) is 25.3 Å². The zero-order valence-corrected chi connectivity index (χ0v) is 11.8. The number of methoxy groups -OCH3 is 1. The van der Waals surface area contributed by atoms with Gasteiger partial charge >= 0.3 is 0 Å². The van der Waals surface area contributed by atoms with Crippen LogP contribution < -0.4 is 10.1 Å². The van der Waals surface area contributed by atoms with Crippen molar-refractivity contribution in [3.63, 3.8) is 0 Å². The molecule has 2 rings (SSSR count). The third-order valence-corrected chi connectivity index (χ3v) is 3.73. The van der Waals surface area contributed by atoms with Crippen molar-refractivity contribution in [3.05, 3.63) is 29.3 Å². The number of amides is 1. The molecule has 0 heterocycles. The van der Waals surface area contributed by atoms with E-state index in [4.69, 9.17) is 10.00 Å². The van der Waals surface area contributed by atoms with Gasteiger partial charge in [-0.2, -0.15) is 5.26 Å². The van der Waals surface area contributed by atoms with Crippen molar-refractivity contribution in [1.29, 1.82) is 5.26 Å². The van der Waals surface area contributed by atoms with E-state index in [1.165, 1.54) is 19.3 Å². The van der Waals surface area contributed by atoms with Crippen molar-refractivity contribution < 1.29 is 9.53 Å². The highest BCUT2D eigenvalue weighted by atomic mass is 16.5. The molecule has 1 N–H and O–H groups in total. The first kappa shape index (κ1) is 14.4. The fourth-order valence-electron chi connectivity index (χ4n) is 2.68. The number of nitriles is 1. The predicted octanol–water partition coefficient (Wildman–Crippen LogP) is 2.56. The van der Waals surface area contributed by atoms with Gasteiger partial charge in [0.2, 0.25) is 5.91 Å². The normalized spacial score (nSPS) is 15.4. The number of hydrogen-bond acceptors (Lipinski definition) is 3. The second kappa shape index (κ2) is 6.95. The lowest BCUT2D eigenvalue weighted by Gasteiger charge is -2.23. The minimum Gasteiger partial charge on any atom is -0.496 e. The smallest absolute Gasteiger partial charge is 0.224 e. The predicted molar refractivity (Wildman–Crippen MR) is 76.4 cm³/mol. The summed E-state index contributed by atoms with van der Waals surface area (Å²) < 4.78 is 5.25. The van der Waals surface area contributed by atoms with Crippen LogP contribution in [0.4, 0.5) is 0 Å². The van der Waals surface area contributed by atoms with E-state index < -0.39 is 0 Å². The van der Waals surface area contributed by atoms with Gasteiger partial charge in [-0.3, -0.25) is 4.79 Å². The Bertz CT molecular complexity index is 514. The van der Waals surface area contributed by atoms with Gasteiger partial charge in [0.1, 0.15) is 5.75 Å². The van der Waals surface area contributed by atoms with Gasteiger partial charge in [0.05, 0.1) is 25.2 Å². The van der Waals surface area contributed by atoms with Gasteiger partial charge in [-0.25, -0.2) is 0 Å². The second-order valence-electron chi connectivity index (χ2n) is 5.22. The number of benzene rings is 1. The minimum absolute atomic E-state index is 0.00490. The van der Waals surface area contributed by atoms with E-state index in [0.717, 1.165) is 18.4 Å². The molecule has 20 heavy (non-hydrogen) atoms. The average Bonchev–Trinajstić information content (AvgIpc) is 2.48. The number of ether oxygens (including phenoxy) is 1. The molecule has 0 aliphatic heterocycles. The fourth-order valence-corrected chi connectivity index (χ4v) is 2.68. The number of carbonyl (C=O) groups is 1. The summed E-state index contributed by atoms with van der Waals surface area (Å²) in [5, 5.41) is 12.0. The molecule has 0 atom stereocenters. The third-order valence-electron chi connectivity index (χ3n) is 3.73. The zero-order valence-electron chi connectivity index (χ0n) is 11.8. The van der Waals surface area contributed by atoms with Crippen molar-refractivity contribution in [2.45, 2.75) is 44.6 Å². The first-order chi connectivity index (χ1) is 9.72. The van der Waals surface area contributed by atoms with Gasteiger partial charge in [0.15, 0.2) is 0 Å². The zero-order chi connectivity index (χ0) is 14.4. The van der Waals surface area contributed by atoms with Gasteiger partial charge < -0.3 is 10.1 Å². The summed E-state index contributed by atoms with van der Waals surface area (Å²) in [6.45, 7) is 0. The number of rotatable bonds is 4. The maximum atomic E-state index is 12.1. The molecule has 0 unspecified atom stereocenters. The third kappa shape index (κ3) is 3.74. The summed E-state index contributed by atoms with van der Waals surface area (Å²) >= 11 is 0. The van der Waals surface area contributed by atoms with E-state index in [9.17, 15) is 4.79 Å². The largest absolute Gasteiger partial charge is 0.496 e. The molecular weight excluding hydrogens is 252 g/mol. The molecule has 0 spiro atoms. The molecule has 0 radical (unpaired) electrons. The molecule has 1 aromatic rings. The van der Waals surface area contributed by atoms with E-state index in [0.29, 0.717) is 17.4 Å². The Kier molecular flexibility index (Phi) is 5.00. The first-order valence-electron chi connectivity index (χ1n) is 7.09. The van der Waals surface area contributed by atoms with Crippen LogP contribution in [-0.4, -0.2) is 19.1 Å². The van der Waals surface area contributed by atoms with E-state index in [1.807, 2.05) is 0 Å². The minimum atomic E-state index is 0.00490. The second-order valence-corrected chi connectivity index (χ2v) is 5.22. The molecule has 1 saturated carbocycles. The van der Waals surface area contributed by atoms with Crippen molar-refractivity contribution in [1.82, 2.24) is 5.32 Å². The molecule has 4 nitrogen and oxygen atoms in total. The lowest BCUT2D eigenvalue weighted by Crippen LogP contribution is -2.37. The molecule has 0 saturated heterocycles. The van der Waals surface area contributed by atoms with Crippen LogP contribution in [0.3, 0.4) is 0 Å². The molecule has 1 aliphatic rings. The summed E-state index contributed by atoms with van der Waals surface area (Å²) in [7, 11) is 1.57. The Balaban J connectivity index is 2.01. The summed E-state index contributed by atoms with van der Waals surface area (Å²) in [5.41, 5.74) is 1.31. The van der Waals surface area contributed by atoms with Crippen LogP contribution in [0.15, 0.2) is 18.2 Å². The number of carbonyl (C=O) groups excluding carboxylic acids is 1. The molecular formula is C16H20N2O2. The monoisotopic (exact) mass is 272 g/mol. The van der Waals surface area contributed by atoms with Gasteiger partial charge in [0, 0.05) is 11.6 Å². The maximum absolute atomic E-state index is 12.1. The van der Waals surface area contributed by atoms with Crippen LogP contribution in [-0.2, 0) is 11.2 Å². The van der Waals surface area contributed by atoms with E-state index >= 15 is 0 Å². The molecule has 1 aromatic carbocycles. The lowest BCUT2D eigenvalue weighted by atomic mass is 9.95. The quantitative estimate of drug-likeness (QED) is 0.916. The Labute approximate surface area is 119 Å². The van der Waals surface area contributed by atoms with Crippen LogP contribution in [0.25, 0.3) is 0 Å². The highest BCUT2D eigenvalue weighted by molar-refractivity contribution is 5.79. The lowest BCUT2D eigenvalue weighted by molar-refractivity contribution is -0.121. The highest BCUT2D eigenvalue weighted by Crippen LogP contribution is 2.21. The van der Waals surface area contributed by atoms with E-state index in [-0.39, 0.29) is 12.3 Å². The number of hydrogen-bond donors (Lipinski definition) is 1. The molecule has 106 valence electrons. The summed E-state index contributed by atoms with van der Waals surface area (Å²) in [5.74, 6) is 0.660. The van der Waals surface area contributed by atoms with Crippen molar-refractivity contribution in [2.75, 3.05) is 7.11 Å². The maximum Gasteiger partial charge on any atom is 0.224 e. The van der Waals surface area contributed by atoms with Gasteiger partial charge in [-0.1, -0.05) is 19.3 Å². The van der Waals surface area contributed by atoms with Gasteiger partial charge in [-0.15, -0.1) is 0 Å².